The molecule has 3 heteroatoms. The Morgan fingerprint density at radius 2 is 2.44 bits per heavy atom. The van der Waals surface area contributed by atoms with E-state index in [0.29, 0.717) is 6.04 Å². The Balaban J connectivity index is 1.92. The maximum Gasteiger partial charge on any atom is 0.0285 e. The van der Waals surface area contributed by atoms with Crippen LogP contribution in [0.1, 0.15) is 6.42 Å². The molecular formula is C6H13N3. The first-order valence-corrected chi connectivity index (χ1v) is 3.59. The third-order valence-electron chi connectivity index (χ3n) is 2.43. The Kier molecular flexibility index (Phi) is 1.22. The quantitative estimate of drug-likeness (QED) is 0.417. The molecule has 3 N–H and O–H groups in total. The van der Waals surface area contributed by atoms with Gasteiger partial charge in [0.1, 0.15) is 0 Å². The molecule has 0 spiro atoms. The predicted molar refractivity (Wildman–Crippen MR) is 35.7 cm³/mol. The van der Waals surface area contributed by atoms with Gasteiger partial charge in [-0.15, -0.1) is 0 Å². The fourth-order valence-electron chi connectivity index (χ4n) is 1.64. The van der Waals surface area contributed by atoms with Gasteiger partial charge in [-0.3, -0.25) is 5.84 Å². The average Bonchev–Trinajstić information content (AvgIpc) is 1.78. The highest BCUT2D eigenvalue weighted by Gasteiger charge is 2.34. The number of hydrogen-bond donors (Lipinski definition) is 2. The molecular weight excluding hydrogens is 114 g/mol. The minimum atomic E-state index is 0.712. The Hall–Kier alpha value is -0.120. The summed E-state index contributed by atoms with van der Waals surface area (Å²) in [5.74, 6) is 6.55. The lowest BCUT2D eigenvalue weighted by atomic mass is 9.86. The van der Waals surface area contributed by atoms with E-state index in [-0.39, 0.29) is 0 Å². The van der Waals surface area contributed by atoms with Gasteiger partial charge in [-0.05, 0) is 18.9 Å². The predicted octanol–water partition coefficient (Wildman–Crippen LogP) is -0.846. The normalized spacial score (nSPS) is 43.7. The van der Waals surface area contributed by atoms with E-state index < -0.39 is 0 Å². The van der Waals surface area contributed by atoms with Crippen molar-refractivity contribution in [2.24, 2.45) is 11.8 Å². The van der Waals surface area contributed by atoms with Crippen molar-refractivity contribution in [2.45, 2.75) is 12.5 Å². The SMILES string of the molecule is NN1CCC2CNC2C1. The smallest absolute Gasteiger partial charge is 0.0285 e. The zero-order chi connectivity index (χ0) is 6.27. The molecule has 2 heterocycles. The summed E-state index contributed by atoms with van der Waals surface area (Å²) >= 11 is 0. The molecule has 2 aliphatic heterocycles. The van der Waals surface area contributed by atoms with Gasteiger partial charge in [-0.1, -0.05) is 0 Å². The largest absolute Gasteiger partial charge is 0.312 e. The lowest BCUT2D eigenvalue weighted by Crippen LogP contribution is -2.63. The third-order valence-corrected chi connectivity index (χ3v) is 2.43. The van der Waals surface area contributed by atoms with E-state index in [1.165, 1.54) is 13.0 Å². The highest BCUT2D eigenvalue weighted by molar-refractivity contribution is 4.92. The first kappa shape index (κ1) is 5.65. The topological polar surface area (TPSA) is 41.3 Å². The van der Waals surface area contributed by atoms with Gasteiger partial charge in [0.05, 0.1) is 0 Å². The zero-order valence-corrected chi connectivity index (χ0v) is 5.51. The van der Waals surface area contributed by atoms with Crippen molar-refractivity contribution >= 4 is 0 Å². The van der Waals surface area contributed by atoms with Crippen LogP contribution in [-0.2, 0) is 0 Å². The van der Waals surface area contributed by atoms with Crippen LogP contribution in [0.2, 0.25) is 0 Å². The summed E-state index contributed by atoms with van der Waals surface area (Å²) in [6.45, 7) is 3.35. The second kappa shape index (κ2) is 1.94. The highest BCUT2D eigenvalue weighted by Crippen LogP contribution is 2.21. The molecule has 52 valence electrons. The summed E-state index contributed by atoms with van der Waals surface area (Å²) in [5.41, 5.74) is 0. The standard InChI is InChI=1S/C6H13N3/c7-9-2-1-5-3-8-6(5)4-9/h5-6,8H,1-4,7H2. The molecule has 2 aliphatic rings. The zero-order valence-electron chi connectivity index (χ0n) is 5.51. The molecule has 0 aliphatic carbocycles. The molecule has 0 radical (unpaired) electrons. The lowest BCUT2D eigenvalue weighted by molar-refractivity contribution is 0.0858. The highest BCUT2D eigenvalue weighted by atomic mass is 15.4. The van der Waals surface area contributed by atoms with Crippen LogP contribution in [0.15, 0.2) is 0 Å². The number of rotatable bonds is 0. The first-order chi connectivity index (χ1) is 4.36. The minimum Gasteiger partial charge on any atom is -0.312 e. The van der Waals surface area contributed by atoms with Crippen LogP contribution in [0.25, 0.3) is 0 Å². The average molecular weight is 127 g/mol. The van der Waals surface area contributed by atoms with Crippen molar-refractivity contribution in [3.8, 4) is 0 Å². The van der Waals surface area contributed by atoms with Gasteiger partial charge >= 0.3 is 0 Å². The van der Waals surface area contributed by atoms with Crippen LogP contribution in [0.5, 0.6) is 0 Å². The second-order valence-electron chi connectivity index (χ2n) is 3.06. The van der Waals surface area contributed by atoms with Crippen molar-refractivity contribution in [2.75, 3.05) is 19.6 Å². The van der Waals surface area contributed by atoms with E-state index in [2.05, 4.69) is 5.32 Å². The van der Waals surface area contributed by atoms with Crippen molar-refractivity contribution in [1.82, 2.24) is 10.3 Å². The van der Waals surface area contributed by atoms with Crippen LogP contribution in [0.3, 0.4) is 0 Å². The number of piperidine rings is 1. The molecule has 2 rings (SSSR count). The molecule has 0 aromatic heterocycles. The van der Waals surface area contributed by atoms with Gasteiger partial charge in [0.2, 0.25) is 0 Å². The summed E-state index contributed by atoms with van der Waals surface area (Å²) in [4.78, 5) is 0. The molecule has 0 aromatic rings. The van der Waals surface area contributed by atoms with Crippen LogP contribution in [-0.4, -0.2) is 30.7 Å². The number of nitrogens with zero attached hydrogens (tertiary/aromatic N) is 1. The summed E-state index contributed by atoms with van der Waals surface area (Å²) in [6.07, 6.45) is 1.29. The van der Waals surface area contributed by atoms with Crippen molar-refractivity contribution in [1.29, 1.82) is 0 Å². The fourth-order valence-corrected chi connectivity index (χ4v) is 1.64. The van der Waals surface area contributed by atoms with Gasteiger partial charge in [0, 0.05) is 19.1 Å². The Labute approximate surface area is 55.2 Å². The summed E-state index contributed by atoms with van der Waals surface area (Å²) in [6, 6.07) is 0.712. The molecule has 0 bridgehead atoms. The summed E-state index contributed by atoms with van der Waals surface area (Å²) < 4.78 is 0. The number of fused-ring (bicyclic) bond motifs is 1. The van der Waals surface area contributed by atoms with Crippen LogP contribution in [0.4, 0.5) is 0 Å². The number of hydrazine groups is 1. The molecule has 0 amide bonds. The van der Waals surface area contributed by atoms with E-state index in [1.807, 2.05) is 5.01 Å². The number of hydrogen-bond acceptors (Lipinski definition) is 3. The Morgan fingerprint density at radius 3 is 2.89 bits per heavy atom. The lowest BCUT2D eigenvalue weighted by Gasteiger charge is -2.44. The van der Waals surface area contributed by atoms with Gasteiger partial charge in [0.15, 0.2) is 0 Å². The molecule has 0 saturated carbocycles. The molecule has 2 unspecified atom stereocenters. The van der Waals surface area contributed by atoms with E-state index in [1.54, 1.807) is 0 Å². The monoisotopic (exact) mass is 127 g/mol. The van der Waals surface area contributed by atoms with Gasteiger partial charge in [-0.25, -0.2) is 5.01 Å². The second-order valence-corrected chi connectivity index (χ2v) is 3.06. The van der Waals surface area contributed by atoms with Crippen molar-refractivity contribution in [3.05, 3.63) is 0 Å². The van der Waals surface area contributed by atoms with E-state index in [0.717, 1.165) is 19.0 Å². The van der Waals surface area contributed by atoms with Crippen LogP contribution < -0.4 is 11.2 Å². The molecule has 2 fully saturated rings. The van der Waals surface area contributed by atoms with E-state index in [9.17, 15) is 0 Å². The van der Waals surface area contributed by atoms with Gasteiger partial charge < -0.3 is 5.32 Å². The van der Waals surface area contributed by atoms with Gasteiger partial charge in [-0.2, -0.15) is 0 Å². The summed E-state index contributed by atoms with van der Waals surface area (Å²) in [7, 11) is 0. The molecule has 0 aromatic carbocycles. The Bertz CT molecular complexity index is 115. The fraction of sp³-hybridized carbons (Fsp3) is 1.00. The van der Waals surface area contributed by atoms with Crippen LogP contribution in [0, 0.1) is 5.92 Å². The van der Waals surface area contributed by atoms with Crippen molar-refractivity contribution < 1.29 is 0 Å². The number of nitrogens with one attached hydrogen (secondary N) is 1. The maximum atomic E-state index is 5.61. The molecule has 9 heavy (non-hydrogen) atoms. The van der Waals surface area contributed by atoms with Gasteiger partial charge in [0.25, 0.3) is 0 Å². The third kappa shape index (κ3) is 0.852. The molecule has 3 nitrogen and oxygen atoms in total. The molecule has 2 saturated heterocycles. The van der Waals surface area contributed by atoms with Crippen LogP contribution >= 0.6 is 0 Å². The summed E-state index contributed by atoms with van der Waals surface area (Å²) in [5, 5.41) is 5.27. The first-order valence-electron chi connectivity index (χ1n) is 3.59. The Morgan fingerprint density at radius 1 is 1.56 bits per heavy atom. The minimum absolute atomic E-state index is 0.712. The van der Waals surface area contributed by atoms with E-state index in [4.69, 9.17) is 5.84 Å². The maximum absolute atomic E-state index is 5.61. The van der Waals surface area contributed by atoms with E-state index >= 15 is 0 Å². The number of nitrogens with two attached hydrogens (primary N) is 1. The molecule has 2 atom stereocenters. The van der Waals surface area contributed by atoms with Crippen molar-refractivity contribution in [3.63, 3.8) is 0 Å².